The molecule has 0 aliphatic heterocycles. The average Bonchev–Trinajstić information content (AvgIpc) is 2.68. The Morgan fingerprint density at radius 1 is 1.20 bits per heavy atom. The van der Waals surface area contributed by atoms with Crippen LogP contribution in [0.15, 0.2) is 28.7 Å². The van der Waals surface area contributed by atoms with Crippen LogP contribution in [0.4, 0.5) is 8.78 Å². The summed E-state index contributed by atoms with van der Waals surface area (Å²) in [6.45, 7) is 4.86. The van der Waals surface area contributed by atoms with Gasteiger partial charge in [0.15, 0.2) is 0 Å². The number of halogens is 3. The van der Waals surface area contributed by atoms with Crippen molar-refractivity contribution in [1.29, 1.82) is 0 Å². The summed E-state index contributed by atoms with van der Waals surface area (Å²) in [6, 6.07) is 5.49. The fourth-order valence-corrected chi connectivity index (χ4v) is 4.07. The number of hydrogen-bond donors (Lipinski definition) is 1. The molecule has 1 N–H and O–H groups in total. The monoisotopic (exact) mass is 359 g/mol. The Hall–Kier alpha value is -0.780. The lowest BCUT2D eigenvalue weighted by Crippen LogP contribution is -2.23. The van der Waals surface area contributed by atoms with Gasteiger partial charge >= 0.3 is 0 Å². The summed E-state index contributed by atoms with van der Waals surface area (Å²) in [5, 5.41) is 3.36. The number of thiophene rings is 1. The lowest BCUT2D eigenvalue weighted by Gasteiger charge is -2.18. The molecule has 2 rings (SSSR count). The third-order valence-electron chi connectivity index (χ3n) is 2.92. The Labute approximate surface area is 130 Å². The normalized spacial score (nSPS) is 12.7. The van der Waals surface area contributed by atoms with E-state index in [9.17, 15) is 8.78 Å². The highest BCUT2D eigenvalue weighted by atomic mass is 79.9. The predicted octanol–water partition coefficient (Wildman–Crippen LogP) is 5.19. The van der Waals surface area contributed by atoms with Gasteiger partial charge in [-0.2, -0.15) is 0 Å². The first-order valence-corrected chi connectivity index (χ1v) is 8.07. The summed E-state index contributed by atoms with van der Waals surface area (Å²) < 4.78 is 27.9. The molecule has 1 aromatic carbocycles. The molecule has 0 saturated heterocycles. The molecule has 1 atom stereocenters. The second-order valence-corrected chi connectivity index (χ2v) is 6.80. The van der Waals surface area contributed by atoms with Gasteiger partial charge in [-0.05, 0) is 59.6 Å². The second-order valence-electron chi connectivity index (χ2n) is 4.66. The van der Waals surface area contributed by atoms with E-state index < -0.39 is 11.6 Å². The number of aryl methyl sites for hydroxylation is 1. The van der Waals surface area contributed by atoms with E-state index in [2.05, 4.69) is 28.2 Å². The van der Waals surface area contributed by atoms with Crippen LogP contribution in [0.3, 0.4) is 0 Å². The van der Waals surface area contributed by atoms with Crippen molar-refractivity contribution in [2.45, 2.75) is 26.3 Å². The fraction of sp³-hybridized carbons (Fsp3) is 0.333. The van der Waals surface area contributed by atoms with Gasteiger partial charge in [0.05, 0.1) is 6.04 Å². The van der Waals surface area contributed by atoms with Gasteiger partial charge in [0.2, 0.25) is 0 Å². The van der Waals surface area contributed by atoms with Crippen molar-refractivity contribution in [3.8, 4) is 0 Å². The van der Waals surface area contributed by atoms with Gasteiger partial charge in [0.1, 0.15) is 11.6 Å². The van der Waals surface area contributed by atoms with Crippen molar-refractivity contribution in [2.75, 3.05) is 6.54 Å². The molecule has 1 nitrogen and oxygen atoms in total. The molecule has 1 unspecified atom stereocenters. The van der Waals surface area contributed by atoms with Crippen LogP contribution in [0, 0.1) is 18.6 Å². The van der Waals surface area contributed by atoms with Gasteiger partial charge in [-0.25, -0.2) is 8.78 Å². The first kappa shape index (κ1) is 15.6. The van der Waals surface area contributed by atoms with E-state index in [1.807, 2.05) is 13.0 Å². The van der Waals surface area contributed by atoms with Crippen LogP contribution in [-0.4, -0.2) is 6.54 Å². The molecule has 20 heavy (non-hydrogen) atoms. The molecule has 0 spiro atoms. The van der Waals surface area contributed by atoms with E-state index in [1.165, 1.54) is 12.1 Å². The van der Waals surface area contributed by atoms with E-state index in [0.717, 1.165) is 33.3 Å². The Bertz CT molecular complexity index is 577. The van der Waals surface area contributed by atoms with Crippen LogP contribution < -0.4 is 5.32 Å². The number of benzene rings is 1. The zero-order chi connectivity index (χ0) is 14.7. The molecule has 2 aromatic rings. The fourth-order valence-electron chi connectivity index (χ4n) is 2.09. The number of hydrogen-bond acceptors (Lipinski definition) is 2. The highest BCUT2D eigenvalue weighted by Gasteiger charge is 2.20. The third kappa shape index (κ3) is 3.65. The van der Waals surface area contributed by atoms with E-state index in [1.54, 1.807) is 11.3 Å². The zero-order valence-corrected chi connectivity index (χ0v) is 13.7. The Morgan fingerprint density at radius 2 is 1.85 bits per heavy atom. The van der Waals surface area contributed by atoms with Gasteiger partial charge in [0, 0.05) is 20.3 Å². The Kier molecular flexibility index (Phi) is 5.29. The molecule has 108 valence electrons. The van der Waals surface area contributed by atoms with Crippen LogP contribution in [0.5, 0.6) is 0 Å². The highest BCUT2D eigenvalue weighted by Crippen LogP contribution is 2.36. The lowest BCUT2D eigenvalue weighted by molar-refractivity contribution is 0.560. The van der Waals surface area contributed by atoms with Crippen LogP contribution in [0.2, 0.25) is 0 Å². The zero-order valence-electron chi connectivity index (χ0n) is 11.3. The summed E-state index contributed by atoms with van der Waals surface area (Å²) in [6.07, 6.45) is 0.955. The number of rotatable bonds is 5. The maximum atomic E-state index is 13.5. The van der Waals surface area contributed by atoms with Crippen molar-refractivity contribution in [3.05, 3.63) is 55.7 Å². The predicted molar refractivity (Wildman–Crippen MR) is 83.3 cm³/mol. The topological polar surface area (TPSA) is 12.0 Å². The van der Waals surface area contributed by atoms with Gasteiger partial charge in [0.25, 0.3) is 0 Å². The van der Waals surface area contributed by atoms with Gasteiger partial charge < -0.3 is 5.32 Å². The largest absolute Gasteiger partial charge is 0.306 e. The second kappa shape index (κ2) is 6.78. The summed E-state index contributed by atoms with van der Waals surface area (Å²) in [5.41, 5.74) is 0.610. The summed E-state index contributed by atoms with van der Waals surface area (Å²) in [4.78, 5) is 2.20. The van der Waals surface area contributed by atoms with Gasteiger partial charge in [-0.15, -0.1) is 11.3 Å². The summed E-state index contributed by atoms with van der Waals surface area (Å²) >= 11 is 5.15. The van der Waals surface area contributed by atoms with Crippen molar-refractivity contribution < 1.29 is 8.78 Å². The molecule has 1 heterocycles. The van der Waals surface area contributed by atoms with Crippen molar-refractivity contribution in [1.82, 2.24) is 5.32 Å². The first-order valence-electron chi connectivity index (χ1n) is 6.46. The van der Waals surface area contributed by atoms with E-state index in [4.69, 9.17) is 0 Å². The summed E-state index contributed by atoms with van der Waals surface area (Å²) in [5.74, 6) is -1.10. The minimum atomic E-state index is -0.548. The molecule has 0 fully saturated rings. The number of nitrogens with one attached hydrogen (secondary N) is 1. The Balaban J connectivity index is 2.43. The lowest BCUT2D eigenvalue weighted by atomic mass is 10.0. The quantitative estimate of drug-likeness (QED) is 0.774. The molecule has 5 heteroatoms. The summed E-state index contributed by atoms with van der Waals surface area (Å²) in [7, 11) is 0. The molecule has 0 amide bonds. The molecule has 0 aliphatic carbocycles. The third-order valence-corrected chi connectivity index (χ3v) is 4.95. The van der Waals surface area contributed by atoms with Gasteiger partial charge in [-0.1, -0.05) is 6.92 Å². The molecule has 0 radical (unpaired) electrons. The average molecular weight is 360 g/mol. The van der Waals surface area contributed by atoms with Crippen LogP contribution >= 0.6 is 27.3 Å². The minimum absolute atomic E-state index is 0.201. The van der Waals surface area contributed by atoms with E-state index >= 15 is 0 Å². The molecular formula is C15H16BrF2NS. The molecule has 0 bridgehead atoms. The van der Waals surface area contributed by atoms with Crippen molar-refractivity contribution >= 4 is 27.3 Å². The van der Waals surface area contributed by atoms with Gasteiger partial charge in [-0.3, -0.25) is 0 Å². The SMILES string of the molecule is CCCNC(c1cc(F)cc(F)c1)c1sc(C)cc1Br. The smallest absolute Gasteiger partial charge is 0.126 e. The molecule has 0 aliphatic rings. The highest BCUT2D eigenvalue weighted by molar-refractivity contribution is 9.10. The van der Waals surface area contributed by atoms with Crippen molar-refractivity contribution in [3.63, 3.8) is 0 Å². The van der Waals surface area contributed by atoms with Crippen molar-refractivity contribution in [2.24, 2.45) is 0 Å². The maximum Gasteiger partial charge on any atom is 0.126 e. The standard InChI is InChI=1S/C15H16BrF2NS/c1-3-4-19-14(15-13(16)5-9(2)20-15)10-6-11(17)8-12(18)7-10/h5-8,14,19H,3-4H2,1-2H3. The maximum absolute atomic E-state index is 13.5. The van der Waals surface area contributed by atoms with Crippen LogP contribution in [0.1, 0.15) is 34.7 Å². The minimum Gasteiger partial charge on any atom is -0.306 e. The molecular weight excluding hydrogens is 344 g/mol. The Morgan fingerprint density at radius 3 is 2.35 bits per heavy atom. The van der Waals surface area contributed by atoms with E-state index in [-0.39, 0.29) is 6.04 Å². The van der Waals surface area contributed by atoms with Crippen LogP contribution in [0.25, 0.3) is 0 Å². The molecule has 1 aromatic heterocycles. The van der Waals surface area contributed by atoms with E-state index in [0.29, 0.717) is 5.56 Å². The first-order chi connectivity index (χ1) is 9.51. The molecule has 0 saturated carbocycles. The van der Waals surface area contributed by atoms with Crippen LogP contribution in [-0.2, 0) is 0 Å².